The van der Waals surface area contributed by atoms with Crippen LogP contribution in [-0.4, -0.2) is 52.9 Å². The van der Waals surface area contributed by atoms with Crippen LogP contribution in [0.25, 0.3) is 0 Å². The Hall–Kier alpha value is -1.30. The van der Waals surface area contributed by atoms with Gasteiger partial charge >= 0.3 is 12.0 Å². The van der Waals surface area contributed by atoms with Crippen LogP contribution >= 0.6 is 0 Å². The normalized spacial score (nSPS) is 28.4. The summed E-state index contributed by atoms with van der Waals surface area (Å²) in [5, 5.41) is 21.6. The van der Waals surface area contributed by atoms with E-state index in [1.165, 1.54) is 0 Å². The summed E-state index contributed by atoms with van der Waals surface area (Å²) < 4.78 is 0. The number of hydrogen-bond donors (Lipinski definition) is 3. The van der Waals surface area contributed by atoms with Gasteiger partial charge in [0.25, 0.3) is 0 Å². The van der Waals surface area contributed by atoms with Crippen LogP contribution in [0, 0.1) is 17.8 Å². The van der Waals surface area contributed by atoms with Crippen molar-refractivity contribution in [2.24, 2.45) is 17.8 Å². The minimum atomic E-state index is -0.746. The molecule has 1 saturated heterocycles. The fraction of sp³-hybridized carbons (Fsp3) is 0.867. The van der Waals surface area contributed by atoms with E-state index in [-0.39, 0.29) is 29.9 Å². The lowest BCUT2D eigenvalue weighted by molar-refractivity contribution is -0.142. The number of aliphatic carboxylic acids is 1. The average molecular weight is 298 g/mol. The van der Waals surface area contributed by atoms with Gasteiger partial charge in [-0.3, -0.25) is 4.79 Å². The number of carboxylic acids is 1. The van der Waals surface area contributed by atoms with Gasteiger partial charge in [-0.25, -0.2) is 4.79 Å². The Balaban J connectivity index is 1.74. The molecule has 0 radical (unpaired) electrons. The molecule has 1 heterocycles. The number of nitrogens with zero attached hydrogens (tertiary/aromatic N) is 1. The number of aliphatic hydroxyl groups is 1. The number of likely N-dealkylation sites (tertiary alicyclic amines) is 1. The van der Waals surface area contributed by atoms with Crippen molar-refractivity contribution >= 4 is 12.0 Å². The molecule has 0 aromatic heterocycles. The molecule has 2 rings (SSSR count). The molecule has 3 N–H and O–H groups in total. The molecule has 0 bridgehead atoms. The van der Waals surface area contributed by atoms with Crippen molar-refractivity contribution in [3.63, 3.8) is 0 Å². The van der Waals surface area contributed by atoms with E-state index in [1.54, 1.807) is 11.8 Å². The van der Waals surface area contributed by atoms with Gasteiger partial charge in [-0.05, 0) is 44.4 Å². The topological polar surface area (TPSA) is 89.9 Å². The SMILES string of the molecule is CC(O)C1CCN(C(=O)NCC2CCCC2C(=O)O)CC1. The number of carboxylic acid groups (broad SMARTS) is 1. The minimum Gasteiger partial charge on any atom is -0.481 e. The second-order valence-electron chi connectivity index (χ2n) is 6.39. The number of carbonyl (C=O) groups is 2. The third-order valence-electron chi connectivity index (χ3n) is 5.00. The number of hydrogen-bond acceptors (Lipinski definition) is 3. The maximum Gasteiger partial charge on any atom is 0.317 e. The van der Waals surface area contributed by atoms with Gasteiger partial charge in [0.2, 0.25) is 0 Å². The molecular formula is C15H26N2O4. The van der Waals surface area contributed by atoms with Crippen molar-refractivity contribution in [2.45, 2.75) is 45.1 Å². The maximum absolute atomic E-state index is 12.1. The van der Waals surface area contributed by atoms with Gasteiger partial charge in [0, 0.05) is 19.6 Å². The predicted molar refractivity (Wildman–Crippen MR) is 77.8 cm³/mol. The van der Waals surface area contributed by atoms with Crippen LogP contribution in [-0.2, 0) is 4.79 Å². The maximum atomic E-state index is 12.1. The van der Waals surface area contributed by atoms with E-state index in [9.17, 15) is 14.7 Å². The fourth-order valence-electron chi connectivity index (χ4n) is 3.52. The summed E-state index contributed by atoms with van der Waals surface area (Å²) >= 11 is 0. The number of carbonyl (C=O) groups excluding carboxylic acids is 1. The van der Waals surface area contributed by atoms with Gasteiger partial charge in [0.05, 0.1) is 12.0 Å². The lowest BCUT2D eigenvalue weighted by Gasteiger charge is -2.33. The molecule has 6 nitrogen and oxygen atoms in total. The largest absolute Gasteiger partial charge is 0.481 e. The Labute approximate surface area is 125 Å². The molecule has 0 aromatic rings. The molecule has 1 aliphatic heterocycles. The van der Waals surface area contributed by atoms with Crippen LogP contribution in [0.15, 0.2) is 0 Å². The first-order chi connectivity index (χ1) is 9.99. The van der Waals surface area contributed by atoms with Crippen LogP contribution in [0.5, 0.6) is 0 Å². The second kappa shape index (κ2) is 7.11. The van der Waals surface area contributed by atoms with Crippen molar-refractivity contribution in [2.75, 3.05) is 19.6 Å². The first-order valence-corrected chi connectivity index (χ1v) is 7.92. The minimum absolute atomic E-state index is 0.0569. The highest BCUT2D eigenvalue weighted by molar-refractivity contribution is 5.74. The van der Waals surface area contributed by atoms with Gasteiger partial charge in [-0.2, -0.15) is 0 Å². The highest BCUT2D eigenvalue weighted by Crippen LogP contribution is 2.31. The summed E-state index contributed by atoms with van der Waals surface area (Å²) in [5.74, 6) is -0.725. The summed E-state index contributed by atoms with van der Waals surface area (Å²) in [6, 6.07) is -0.102. The number of piperidine rings is 1. The summed E-state index contributed by atoms with van der Waals surface area (Å²) in [6.45, 7) is 3.57. The molecule has 3 atom stereocenters. The zero-order valence-corrected chi connectivity index (χ0v) is 12.6. The van der Waals surface area contributed by atoms with Crippen molar-refractivity contribution in [1.29, 1.82) is 0 Å². The standard InChI is InChI=1S/C15H26N2O4/c1-10(18)11-5-7-17(8-6-11)15(21)16-9-12-3-2-4-13(12)14(19)20/h10-13,18H,2-9H2,1H3,(H,16,21)(H,19,20). The Kier molecular flexibility index (Phi) is 5.45. The molecule has 2 fully saturated rings. The third kappa shape index (κ3) is 4.09. The molecule has 0 spiro atoms. The predicted octanol–water partition coefficient (Wildman–Crippen LogP) is 1.29. The van der Waals surface area contributed by atoms with E-state index in [0.717, 1.165) is 32.1 Å². The highest BCUT2D eigenvalue weighted by Gasteiger charge is 2.33. The van der Waals surface area contributed by atoms with Crippen LogP contribution < -0.4 is 5.32 Å². The first kappa shape index (κ1) is 16.1. The molecule has 120 valence electrons. The summed E-state index contributed by atoms with van der Waals surface area (Å²) in [6.07, 6.45) is 3.86. The number of urea groups is 1. The van der Waals surface area contributed by atoms with Gasteiger partial charge in [0.15, 0.2) is 0 Å². The van der Waals surface area contributed by atoms with Crippen LogP contribution in [0.4, 0.5) is 4.79 Å². The fourth-order valence-corrected chi connectivity index (χ4v) is 3.52. The smallest absolute Gasteiger partial charge is 0.317 e. The van der Waals surface area contributed by atoms with Crippen molar-refractivity contribution in [1.82, 2.24) is 10.2 Å². The summed E-state index contributed by atoms with van der Waals surface area (Å²) in [7, 11) is 0. The van der Waals surface area contributed by atoms with E-state index < -0.39 is 5.97 Å². The highest BCUT2D eigenvalue weighted by atomic mass is 16.4. The Bertz CT molecular complexity index is 378. The zero-order valence-electron chi connectivity index (χ0n) is 12.6. The molecule has 2 aliphatic rings. The number of nitrogens with one attached hydrogen (secondary N) is 1. The van der Waals surface area contributed by atoms with Crippen LogP contribution in [0.1, 0.15) is 39.0 Å². The van der Waals surface area contributed by atoms with Gasteiger partial charge in [0.1, 0.15) is 0 Å². The van der Waals surface area contributed by atoms with Gasteiger partial charge < -0.3 is 20.4 Å². The van der Waals surface area contributed by atoms with Crippen molar-refractivity contribution in [3.8, 4) is 0 Å². The van der Waals surface area contributed by atoms with Gasteiger partial charge in [-0.1, -0.05) is 6.42 Å². The van der Waals surface area contributed by atoms with E-state index >= 15 is 0 Å². The lowest BCUT2D eigenvalue weighted by atomic mass is 9.92. The van der Waals surface area contributed by atoms with E-state index in [2.05, 4.69) is 5.32 Å². The summed E-state index contributed by atoms with van der Waals surface area (Å²) in [4.78, 5) is 25.0. The molecule has 2 amide bonds. The summed E-state index contributed by atoms with van der Waals surface area (Å²) in [5.41, 5.74) is 0. The monoisotopic (exact) mass is 298 g/mol. The van der Waals surface area contributed by atoms with Crippen LogP contribution in [0.3, 0.4) is 0 Å². The Morgan fingerprint density at radius 2 is 1.90 bits per heavy atom. The Morgan fingerprint density at radius 3 is 2.48 bits per heavy atom. The first-order valence-electron chi connectivity index (χ1n) is 7.92. The van der Waals surface area contributed by atoms with Gasteiger partial charge in [-0.15, -0.1) is 0 Å². The number of aliphatic hydroxyl groups excluding tert-OH is 1. The quantitative estimate of drug-likeness (QED) is 0.729. The van der Waals surface area contributed by atoms with E-state index in [0.29, 0.717) is 19.6 Å². The molecular weight excluding hydrogens is 272 g/mol. The second-order valence-corrected chi connectivity index (χ2v) is 6.39. The zero-order chi connectivity index (χ0) is 15.4. The Morgan fingerprint density at radius 1 is 1.24 bits per heavy atom. The van der Waals surface area contributed by atoms with E-state index in [4.69, 9.17) is 5.11 Å². The third-order valence-corrected chi connectivity index (χ3v) is 5.00. The lowest BCUT2D eigenvalue weighted by Crippen LogP contribution is -2.47. The number of amides is 2. The molecule has 3 unspecified atom stereocenters. The average Bonchev–Trinajstić information content (AvgIpc) is 2.93. The molecule has 6 heteroatoms. The number of rotatable bonds is 4. The van der Waals surface area contributed by atoms with Crippen molar-refractivity contribution < 1.29 is 19.8 Å². The molecule has 1 aliphatic carbocycles. The molecule has 0 aromatic carbocycles. The molecule has 21 heavy (non-hydrogen) atoms. The van der Waals surface area contributed by atoms with Crippen molar-refractivity contribution in [3.05, 3.63) is 0 Å². The van der Waals surface area contributed by atoms with E-state index in [1.807, 2.05) is 0 Å². The van der Waals surface area contributed by atoms with Crippen LogP contribution in [0.2, 0.25) is 0 Å². The molecule has 1 saturated carbocycles.